The highest BCUT2D eigenvalue weighted by Crippen LogP contribution is 2.33. The average Bonchev–Trinajstić information content (AvgIpc) is 2.80. The molecule has 100 valence electrons. The highest BCUT2D eigenvalue weighted by molar-refractivity contribution is 5.90. The predicted molar refractivity (Wildman–Crippen MR) is 82.8 cm³/mol. The summed E-state index contributed by atoms with van der Waals surface area (Å²) in [4.78, 5) is 4.92. The van der Waals surface area contributed by atoms with E-state index in [1.165, 1.54) is 40.6 Å². The molecule has 0 fully saturated rings. The van der Waals surface area contributed by atoms with Gasteiger partial charge in [0, 0.05) is 34.9 Å². The summed E-state index contributed by atoms with van der Waals surface area (Å²) in [6, 6.07) is 12.8. The van der Waals surface area contributed by atoms with Crippen molar-refractivity contribution in [3.8, 4) is 11.3 Å². The first-order valence-electron chi connectivity index (χ1n) is 7.38. The summed E-state index contributed by atoms with van der Waals surface area (Å²) in [6.07, 6.45) is 5.87. The Morgan fingerprint density at radius 1 is 1.05 bits per heavy atom. The summed E-state index contributed by atoms with van der Waals surface area (Å²) in [6.45, 7) is 3.26. The first kappa shape index (κ1) is 11.7. The Balaban J connectivity index is 2.08. The minimum atomic E-state index is 1.13. The smallest absolute Gasteiger partial charge is 0.0758 e. The zero-order valence-electron chi connectivity index (χ0n) is 11.8. The van der Waals surface area contributed by atoms with Crippen LogP contribution < -0.4 is 0 Å². The van der Waals surface area contributed by atoms with E-state index in [0.29, 0.717) is 0 Å². The third-order valence-electron chi connectivity index (χ3n) is 4.33. The van der Waals surface area contributed by atoms with Crippen LogP contribution in [0.5, 0.6) is 0 Å². The Bertz CT molecular complexity index is 769. The van der Waals surface area contributed by atoms with Crippen molar-refractivity contribution in [1.29, 1.82) is 0 Å². The van der Waals surface area contributed by atoms with Gasteiger partial charge in [-0.1, -0.05) is 30.3 Å². The Hall–Kier alpha value is -2.09. The first-order valence-corrected chi connectivity index (χ1v) is 7.38. The molecule has 0 radical (unpaired) electrons. The Labute approximate surface area is 119 Å². The zero-order chi connectivity index (χ0) is 13.5. The predicted octanol–water partition coefficient (Wildman–Crippen LogP) is 4.35. The van der Waals surface area contributed by atoms with Gasteiger partial charge < -0.3 is 4.57 Å². The van der Waals surface area contributed by atoms with E-state index in [2.05, 4.69) is 54.1 Å². The van der Waals surface area contributed by atoms with Crippen molar-refractivity contribution < 1.29 is 0 Å². The molecule has 1 aliphatic heterocycles. The number of pyridine rings is 1. The second-order valence-corrected chi connectivity index (χ2v) is 5.62. The van der Waals surface area contributed by atoms with Gasteiger partial charge in [-0.25, -0.2) is 0 Å². The van der Waals surface area contributed by atoms with Crippen LogP contribution in [0.2, 0.25) is 0 Å². The number of aromatic nitrogens is 2. The van der Waals surface area contributed by atoms with Crippen LogP contribution in [0.15, 0.2) is 42.6 Å². The van der Waals surface area contributed by atoms with Crippen molar-refractivity contribution in [2.45, 2.75) is 32.7 Å². The van der Waals surface area contributed by atoms with E-state index in [-0.39, 0.29) is 0 Å². The van der Waals surface area contributed by atoms with Crippen LogP contribution in [0.1, 0.15) is 24.1 Å². The van der Waals surface area contributed by atoms with E-state index in [4.69, 9.17) is 4.98 Å². The molecule has 1 aliphatic rings. The van der Waals surface area contributed by atoms with Crippen LogP contribution in [0.4, 0.5) is 0 Å². The SMILES string of the molecule is Cc1nc(-c2ccccc2)c2c3c1ccn3CCCC2. The van der Waals surface area contributed by atoms with Gasteiger partial charge in [0.15, 0.2) is 0 Å². The number of benzene rings is 1. The van der Waals surface area contributed by atoms with Crippen molar-refractivity contribution in [2.75, 3.05) is 0 Å². The maximum Gasteiger partial charge on any atom is 0.0758 e. The summed E-state index contributed by atoms with van der Waals surface area (Å²) in [5, 5.41) is 1.32. The second-order valence-electron chi connectivity index (χ2n) is 5.62. The largest absolute Gasteiger partial charge is 0.347 e. The lowest BCUT2D eigenvalue weighted by molar-refractivity contribution is 0.645. The molecule has 0 amide bonds. The average molecular weight is 262 g/mol. The summed E-state index contributed by atoms with van der Waals surface area (Å²) in [5.74, 6) is 0. The number of aryl methyl sites for hydroxylation is 3. The minimum Gasteiger partial charge on any atom is -0.347 e. The fraction of sp³-hybridized carbons (Fsp3) is 0.278. The highest BCUT2D eigenvalue weighted by atomic mass is 15.0. The monoisotopic (exact) mass is 262 g/mol. The molecule has 0 atom stereocenters. The molecular formula is C18H18N2. The molecule has 4 rings (SSSR count). The van der Waals surface area contributed by atoms with Gasteiger partial charge in [-0.05, 0) is 32.3 Å². The molecule has 0 N–H and O–H groups in total. The van der Waals surface area contributed by atoms with Gasteiger partial charge in [-0.15, -0.1) is 0 Å². The third-order valence-corrected chi connectivity index (χ3v) is 4.33. The van der Waals surface area contributed by atoms with Gasteiger partial charge in [-0.2, -0.15) is 0 Å². The summed E-state index contributed by atoms with van der Waals surface area (Å²) >= 11 is 0. The number of nitrogens with zero attached hydrogens (tertiary/aromatic N) is 2. The normalized spacial score (nSPS) is 14.4. The molecule has 0 aliphatic carbocycles. The molecule has 0 bridgehead atoms. The van der Waals surface area contributed by atoms with Crippen molar-refractivity contribution in [3.63, 3.8) is 0 Å². The van der Waals surface area contributed by atoms with Crippen LogP contribution in [0, 0.1) is 6.92 Å². The molecule has 0 saturated carbocycles. The van der Waals surface area contributed by atoms with Crippen molar-refractivity contribution in [1.82, 2.24) is 9.55 Å². The van der Waals surface area contributed by atoms with E-state index in [1.54, 1.807) is 0 Å². The fourth-order valence-corrected chi connectivity index (χ4v) is 3.35. The maximum atomic E-state index is 4.92. The zero-order valence-corrected chi connectivity index (χ0v) is 11.8. The topological polar surface area (TPSA) is 17.8 Å². The van der Waals surface area contributed by atoms with E-state index >= 15 is 0 Å². The van der Waals surface area contributed by atoms with Gasteiger partial charge in [0.1, 0.15) is 0 Å². The Morgan fingerprint density at radius 3 is 2.75 bits per heavy atom. The molecule has 1 aromatic carbocycles. The number of rotatable bonds is 1. The fourth-order valence-electron chi connectivity index (χ4n) is 3.35. The highest BCUT2D eigenvalue weighted by Gasteiger charge is 2.18. The van der Waals surface area contributed by atoms with Gasteiger partial charge in [0.25, 0.3) is 0 Å². The molecule has 2 heteroatoms. The van der Waals surface area contributed by atoms with Crippen molar-refractivity contribution in [2.24, 2.45) is 0 Å². The molecule has 0 spiro atoms. The number of hydrogen-bond acceptors (Lipinski definition) is 1. The van der Waals surface area contributed by atoms with Crippen LogP contribution >= 0.6 is 0 Å². The van der Waals surface area contributed by atoms with E-state index in [1.807, 2.05) is 0 Å². The first-order chi connectivity index (χ1) is 9.84. The molecule has 2 aromatic heterocycles. The minimum absolute atomic E-state index is 1.13. The molecule has 2 nitrogen and oxygen atoms in total. The second kappa shape index (κ2) is 4.48. The van der Waals surface area contributed by atoms with Gasteiger partial charge in [0.05, 0.1) is 11.2 Å². The van der Waals surface area contributed by atoms with Crippen molar-refractivity contribution >= 4 is 10.9 Å². The molecule has 0 saturated heterocycles. The quantitative estimate of drug-likeness (QED) is 0.637. The maximum absolute atomic E-state index is 4.92. The van der Waals surface area contributed by atoms with Crippen LogP contribution in [-0.4, -0.2) is 9.55 Å². The van der Waals surface area contributed by atoms with Crippen LogP contribution in [-0.2, 0) is 13.0 Å². The summed E-state index contributed by atoms with van der Waals surface area (Å²) in [5.41, 5.74) is 6.40. The standard InChI is InChI=1S/C18H18N2/c1-13-15-10-12-20-11-6-5-9-16(18(15)20)17(19-13)14-7-3-2-4-8-14/h2-4,7-8,10,12H,5-6,9,11H2,1H3. The summed E-state index contributed by atoms with van der Waals surface area (Å²) < 4.78 is 2.42. The summed E-state index contributed by atoms with van der Waals surface area (Å²) in [7, 11) is 0. The Morgan fingerprint density at radius 2 is 1.90 bits per heavy atom. The molecule has 0 unspecified atom stereocenters. The molecule has 3 aromatic rings. The lowest BCUT2D eigenvalue weighted by Gasteiger charge is -2.12. The Kier molecular flexibility index (Phi) is 2.62. The third kappa shape index (κ3) is 1.68. The lowest BCUT2D eigenvalue weighted by Crippen LogP contribution is -1.99. The van der Waals surface area contributed by atoms with Gasteiger partial charge in [0.2, 0.25) is 0 Å². The van der Waals surface area contributed by atoms with Gasteiger partial charge in [-0.3, -0.25) is 4.98 Å². The molecule has 3 heterocycles. The molecule has 20 heavy (non-hydrogen) atoms. The van der Waals surface area contributed by atoms with E-state index < -0.39 is 0 Å². The van der Waals surface area contributed by atoms with Crippen LogP contribution in [0.25, 0.3) is 22.2 Å². The van der Waals surface area contributed by atoms with Crippen molar-refractivity contribution in [3.05, 3.63) is 53.9 Å². The van der Waals surface area contributed by atoms with Crippen LogP contribution in [0.3, 0.4) is 0 Å². The number of hydrogen-bond donors (Lipinski definition) is 0. The molecular weight excluding hydrogens is 244 g/mol. The van der Waals surface area contributed by atoms with E-state index in [9.17, 15) is 0 Å². The van der Waals surface area contributed by atoms with E-state index in [0.717, 1.165) is 18.7 Å². The van der Waals surface area contributed by atoms with Gasteiger partial charge >= 0.3 is 0 Å². The lowest BCUT2D eigenvalue weighted by atomic mass is 9.99.